The van der Waals surface area contributed by atoms with Crippen LogP contribution >= 0.6 is 11.6 Å². The molecule has 2 aromatic rings. The highest BCUT2D eigenvalue weighted by atomic mass is 35.5. The number of benzene rings is 2. The Kier molecular flexibility index (Phi) is 4.23. The summed E-state index contributed by atoms with van der Waals surface area (Å²) in [5.41, 5.74) is 0.120. The zero-order valence-electron chi connectivity index (χ0n) is 10.6. The van der Waals surface area contributed by atoms with Crippen LogP contribution in [0.4, 0.5) is 13.2 Å². The van der Waals surface area contributed by atoms with E-state index in [-0.39, 0.29) is 17.0 Å². The van der Waals surface area contributed by atoms with Crippen molar-refractivity contribution in [1.82, 2.24) is 0 Å². The number of hydrogen-bond donors (Lipinski definition) is 1. The number of alkyl halides is 3. The summed E-state index contributed by atoms with van der Waals surface area (Å²) in [7, 11) is 0. The van der Waals surface area contributed by atoms with Gasteiger partial charge in [0, 0.05) is 10.6 Å². The SMILES string of the molecule is O=C(O)Cc1cccc(Cl)c1-c1cccc(C(F)(F)F)c1. The van der Waals surface area contributed by atoms with Crippen LogP contribution in [0.2, 0.25) is 5.02 Å². The van der Waals surface area contributed by atoms with Crippen molar-refractivity contribution in [3.63, 3.8) is 0 Å². The zero-order chi connectivity index (χ0) is 15.6. The van der Waals surface area contributed by atoms with Crippen molar-refractivity contribution >= 4 is 17.6 Å². The number of halogens is 4. The molecule has 2 rings (SSSR count). The van der Waals surface area contributed by atoms with Gasteiger partial charge >= 0.3 is 12.1 Å². The first-order valence-corrected chi connectivity index (χ1v) is 6.33. The molecule has 2 aromatic carbocycles. The Bertz CT molecular complexity index is 681. The highest BCUT2D eigenvalue weighted by Gasteiger charge is 2.30. The Balaban J connectivity index is 2.59. The van der Waals surface area contributed by atoms with Gasteiger partial charge in [0.25, 0.3) is 0 Å². The summed E-state index contributed by atoms with van der Waals surface area (Å²) in [5, 5.41) is 9.11. The smallest absolute Gasteiger partial charge is 0.416 e. The molecule has 110 valence electrons. The maximum Gasteiger partial charge on any atom is 0.416 e. The molecule has 0 atom stereocenters. The largest absolute Gasteiger partial charge is 0.481 e. The molecule has 0 bridgehead atoms. The fraction of sp³-hybridized carbons (Fsp3) is 0.133. The first kappa shape index (κ1) is 15.4. The lowest BCUT2D eigenvalue weighted by molar-refractivity contribution is -0.138. The Morgan fingerprint density at radius 3 is 2.43 bits per heavy atom. The minimum atomic E-state index is -4.47. The van der Waals surface area contributed by atoms with E-state index < -0.39 is 17.7 Å². The molecule has 0 radical (unpaired) electrons. The van der Waals surface area contributed by atoms with Crippen molar-refractivity contribution in [3.05, 3.63) is 58.6 Å². The van der Waals surface area contributed by atoms with Gasteiger partial charge in [0.1, 0.15) is 0 Å². The molecule has 0 amide bonds. The summed E-state index contributed by atoms with van der Waals surface area (Å²) in [5.74, 6) is -1.08. The molecule has 0 fully saturated rings. The Hall–Kier alpha value is -2.01. The predicted molar refractivity (Wildman–Crippen MR) is 73.2 cm³/mol. The van der Waals surface area contributed by atoms with E-state index >= 15 is 0 Å². The monoisotopic (exact) mass is 314 g/mol. The lowest BCUT2D eigenvalue weighted by atomic mass is 9.96. The Morgan fingerprint density at radius 2 is 1.81 bits per heavy atom. The number of carboxylic acid groups (broad SMARTS) is 1. The second-order valence-electron chi connectivity index (χ2n) is 4.42. The average molecular weight is 315 g/mol. The third-order valence-electron chi connectivity index (χ3n) is 2.92. The fourth-order valence-electron chi connectivity index (χ4n) is 2.05. The third kappa shape index (κ3) is 3.55. The Morgan fingerprint density at radius 1 is 1.14 bits per heavy atom. The van der Waals surface area contributed by atoms with Gasteiger partial charge in [-0.15, -0.1) is 0 Å². The van der Waals surface area contributed by atoms with Crippen molar-refractivity contribution in [2.75, 3.05) is 0 Å². The Labute approximate surface area is 123 Å². The molecule has 0 aliphatic carbocycles. The predicted octanol–water partition coefficient (Wildman–Crippen LogP) is 4.65. The fourth-order valence-corrected chi connectivity index (χ4v) is 2.36. The van der Waals surface area contributed by atoms with Crippen LogP contribution in [0.3, 0.4) is 0 Å². The normalized spacial score (nSPS) is 11.4. The van der Waals surface area contributed by atoms with Crippen molar-refractivity contribution in [1.29, 1.82) is 0 Å². The van der Waals surface area contributed by atoms with Crippen LogP contribution in [0, 0.1) is 0 Å². The van der Waals surface area contributed by atoms with Crippen LogP contribution in [-0.2, 0) is 17.4 Å². The number of carboxylic acids is 1. The summed E-state index contributed by atoms with van der Waals surface area (Å²) in [4.78, 5) is 10.9. The van der Waals surface area contributed by atoms with Crippen LogP contribution in [-0.4, -0.2) is 11.1 Å². The lowest BCUT2D eigenvalue weighted by Gasteiger charge is -2.13. The first-order valence-electron chi connectivity index (χ1n) is 5.96. The standard InChI is InChI=1S/C15H10ClF3O2/c16-12-6-2-4-10(8-13(20)21)14(12)9-3-1-5-11(7-9)15(17,18)19/h1-7H,8H2,(H,20,21). The van der Waals surface area contributed by atoms with Gasteiger partial charge in [-0.2, -0.15) is 13.2 Å². The van der Waals surface area contributed by atoms with Gasteiger partial charge in [-0.3, -0.25) is 4.79 Å². The lowest BCUT2D eigenvalue weighted by Crippen LogP contribution is -2.05. The molecule has 1 N–H and O–H groups in total. The van der Waals surface area contributed by atoms with Gasteiger partial charge < -0.3 is 5.11 Å². The zero-order valence-corrected chi connectivity index (χ0v) is 11.4. The van der Waals surface area contributed by atoms with Crippen LogP contribution in [0.1, 0.15) is 11.1 Å². The van der Waals surface area contributed by atoms with Gasteiger partial charge in [-0.25, -0.2) is 0 Å². The van der Waals surface area contributed by atoms with Crippen LogP contribution < -0.4 is 0 Å². The van der Waals surface area contributed by atoms with Gasteiger partial charge in [-0.05, 0) is 29.3 Å². The summed E-state index contributed by atoms with van der Waals surface area (Å²) in [6.07, 6.45) is -4.78. The van der Waals surface area contributed by atoms with E-state index in [4.69, 9.17) is 16.7 Å². The number of aliphatic carboxylic acids is 1. The van der Waals surface area contributed by atoms with Crippen LogP contribution in [0.25, 0.3) is 11.1 Å². The molecule has 21 heavy (non-hydrogen) atoms. The molecular formula is C15H10ClF3O2. The maximum absolute atomic E-state index is 12.8. The van der Waals surface area contributed by atoms with Gasteiger partial charge in [0.05, 0.1) is 12.0 Å². The quantitative estimate of drug-likeness (QED) is 0.895. The van der Waals surface area contributed by atoms with Gasteiger partial charge in [0.15, 0.2) is 0 Å². The van der Waals surface area contributed by atoms with E-state index in [1.807, 2.05) is 0 Å². The van der Waals surface area contributed by atoms with Crippen molar-refractivity contribution < 1.29 is 23.1 Å². The second kappa shape index (κ2) is 5.77. The summed E-state index contributed by atoms with van der Waals surface area (Å²) >= 11 is 6.04. The number of hydrogen-bond acceptors (Lipinski definition) is 1. The molecule has 0 saturated heterocycles. The van der Waals surface area contributed by atoms with Crippen molar-refractivity contribution in [2.24, 2.45) is 0 Å². The minimum Gasteiger partial charge on any atom is -0.481 e. The second-order valence-corrected chi connectivity index (χ2v) is 4.83. The minimum absolute atomic E-state index is 0.216. The van der Waals surface area contributed by atoms with E-state index in [1.54, 1.807) is 6.07 Å². The summed E-state index contributed by atoms with van der Waals surface area (Å²) in [6.45, 7) is 0. The summed E-state index contributed by atoms with van der Waals surface area (Å²) < 4.78 is 38.3. The van der Waals surface area contributed by atoms with Crippen molar-refractivity contribution in [3.8, 4) is 11.1 Å². The molecule has 0 saturated carbocycles. The number of rotatable bonds is 3. The summed E-state index contributed by atoms with van der Waals surface area (Å²) in [6, 6.07) is 9.29. The average Bonchev–Trinajstić information content (AvgIpc) is 2.37. The van der Waals surface area contributed by atoms with E-state index in [9.17, 15) is 18.0 Å². The van der Waals surface area contributed by atoms with E-state index in [1.165, 1.54) is 24.3 Å². The molecular weight excluding hydrogens is 305 g/mol. The number of carbonyl (C=O) groups is 1. The highest BCUT2D eigenvalue weighted by molar-refractivity contribution is 6.33. The van der Waals surface area contributed by atoms with E-state index in [2.05, 4.69) is 0 Å². The van der Waals surface area contributed by atoms with E-state index in [0.717, 1.165) is 12.1 Å². The van der Waals surface area contributed by atoms with Gasteiger partial charge in [0.2, 0.25) is 0 Å². The highest BCUT2D eigenvalue weighted by Crippen LogP contribution is 2.36. The molecule has 0 aliphatic heterocycles. The van der Waals surface area contributed by atoms with E-state index in [0.29, 0.717) is 11.1 Å². The molecule has 2 nitrogen and oxygen atoms in total. The van der Waals surface area contributed by atoms with Crippen LogP contribution in [0.15, 0.2) is 42.5 Å². The van der Waals surface area contributed by atoms with Crippen LogP contribution in [0.5, 0.6) is 0 Å². The molecule has 0 aliphatic rings. The maximum atomic E-state index is 12.8. The molecule has 0 heterocycles. The third-order valence-corrected chi connectivity index (χ3v) is 3.24. The molecule has 0 unspecified atom stereocenters. The van der Waals surface area contributed by atoms with Crippen molar-refractivity contribution in [2.45, 2.75) is 12.6 Å². The topological polar surface area (TPSA) is 37.3 Å². The van der Waals surface area contributed by atoms with Gasteiger partial charge in [-0.1, -0.05) is 35.9 Å². The molecule has 6 heteroatoms. The first-order chi connectivity index (χ1) is 9.79. The molecule has 0 spiro atoms. The molecule has 0 aromatic heterocycles.